The first-order valence-electron chi connectivity index (χ1n) is 4.83. The van der Waals surface area contributed by atoms with Crippen LogP contribution in [-0.2, 0) is 6.42 Å². The summed E-state index contributed by atoms with van der Waals surface area (Å²) < 4.78 is 11.7. The predicted octanol–water partition coefficient (Wildman–Crippen LogP) is 2.39. The molecule has 1 aliphatic heterocycles. The average molecular weight is 320 g/mol. The number of benzene rings is 1. The van der Waals surface area contributed by atoms with Crippen LogP contribution in [0.25, 0.3) is 0 Å². The first kappa shape index (κ1) is 10.9. The number of hydrogen-bond donors (Lipinski definition) is 1. The SMILES string of the molecule is COc1cc(O)c2c(c1)CC(CI)CO2. The van der Waals surface area contributed by atoms with Crippen LogP contribution in [0.2, 0.25) is 0 Å². The summed E-state index contributed by atoms with van der Waals surface area (Å²) >= 11 is 2.36. The fraction of sp³-hybridized carbons (Fsp3) is 0.455. The number of phenols is 1. The molecule has 0 fully saturated rings. The van der Waals surface area contributed by atoms with Gasteiger partial charge in [0.2, 0.25) is 0 Å². The van der Waals surface area contributed by atoms with Gasteiger partial charge < -0.3 is 14.6 Å². The molecule has 0 aliphatic carbocycles. The van der Waals surface area contributed by atoms with Gasteiger partial charge in [-0.25, -0.2) is 0 Å². The van der Waals surface area contributed by atoms with Crippen molar-refractivity contribution < 1.29 is 14.6 Å². The number of ether oxygens (including phenoxy) is 2. The third-order valence-electron chi connectivity index (χ3n) is 2.55. The smallest absolute Gasteiger partial charge is 0.164 e. The van der Waals surface area contributed by atoms with Crippen molar-refractivity contribution in [3.05, 3.63) is 17.7 Å². The van der Waals surface area contributed by atoms with Crippen molar-refractivity contribution in [2.45, 2.75) is 6.42 Å². The van der Waals surface area contributed by atoms with Gasteiger partial charge in [0.1, 0.15) is 5.75 Å². The van der Waals surface area contributed by atoms with Gasteiger partial charge in [-0.3, -0.25) is 0 Å². The highest BCUT2D eigenvalue weighted by Gasteiger charge is 2.22. The van der Waals surface area contributed by atoms with Crippen molar-refractivity contribution in [3.8, 4) is 17.2 Å². The third-order valence-corrected chi connectivity index (χ3v) is 3.79. The summed E-state index contributed by atoms with van der Waals surface area (Å²) in [6.07, 6.45) is 0.947. The van der Waals surface area contributed by atoms with Crippen LogP contribution in [0.5, 0.6) is 17.2 Å². The standard InChI is InChI=1S/C11H13IO3/c1-14-9-3-8-2-7(5-12)6-15-11(8)10(13)4-9/h3-4,7,13H,2,5-6H2,1H3. The predicted molar refractivity (Wildman–Crippen MR) is 66.2 cm³/mol. The van der Waals surface area contributed by atoms with Gasteiger partial charge in [-0.15, -0.1) is 0 Å². The molecule has 15 heavy (non-hydrogen) atoms. The molecule has 0 bridgehead atoms. The summed E-state index contributed by atoms with van der Waals surface area (Å²) in [5.41, 5.74) is 1.04. The Labute approximate surface area is 103 Å². The van der Waals surface area contributed by atoms with Crippen molar-refractivity contribution >= 4 is 22.6 Å². The van der Waals surface area contributed by atoms with Gasteiger partial charge in [-0.1, -0.05) is 22.6 Å². The van der Waals surface area contributed by atoms with E-state index in [0.29, 0.717) is 24.0 Å². The molecule has 0 aromatic heterocycles. The van der Waals surface area contributed by atoms with E-state index in [-0.39, 0.29) is 5.75 Å². The van der Waals surface area contributed by atoms with Crippen molar-refractivity contribution in [3.63, 3.8) is 0 Å². The van der Waals surface area contributed by atoms with Crippen LogP contribution in [-0.4, -0.2) is 23.3 Å². The molecule has 0 spiro atoms. The van der Waals surface area contributed by atoms with Crippen molar-refractivity contribution in [1.82, 2.24) is 0 Å². The summed E-state index contributed by atoms with van der Waals surface area (Å²) in [6, 6.07) is 3.52. The number of hydrogen-bond acceptors (Lipinski definition) is 3. The van der Waals surface area contributed by atoms with Crippen LogP contribution in [0.3, 0.4) is 0 Å². The van der Waals surface area contributed by atoms with Crippen molar-refractivity contribution in [2.75, 3.05) is 18.1 Å². The van der Waals surface area contributed by atoms with E-state index in [4.69, 9.17) is 9.47 Å². The Bertz CT molecular complexity index is 365. The lowest BCUT2D eigenvalue weighted by molar-refractivity contribution is 0.227. The minimum absolute atomic E-state index is 0.177. The van der Waals surface area contributed by atoms with E-state index < -0.39 is 0 Å². The third kappa shape index (κ3) is 2.14. The van der Waals surface area contributed by atoms with Crippen LogP contribution >= 0.6 is 22.6 Å². The highest BCUT2D eigenvalue weighted by molar-refractivity contribution is 14.1. The van der Waals surface area contributed by atoms with Crippen LogP contribution in [0.1, 0.15) is 5.56 Å². The summed E-state index contributed by atoms with van der Waals surface area (Å²) in [7, 11) is 1.60. The number of aromatic hydroxyl groups is 1. The van der Waals surface area contributed by atoms with Crippen LogP contribution in [0.4, 0.5) is 0 Å². The number of methoxy groups -OCH3 is 1. The molecule has 1 heterocycles. The topological polar surface area (TPSA) is 38.7 Å². The van der Waals surface area contributed by atoms with Crippen molar-refractivity contribution in [2.24, 2.45) is 5.92 Å². The van der Waals surface area contributed by atoms with E-state index in [1.54, 1.807) is 13.2 Å². The van der Waals surface area contributed by atoms with Gasteiger partial charge in [-0.05, 0) is 12.5 Å². The quantitative estimate of drug-likeness (QED) is 0.672. The molecule has 0 amide bonds. The van der Waals surface area contributed by atoms with Crippen LogP contribution < -0.4 is 9.47 Å². The van der Waals surface area contributed by atoms with Crippen LogP contribution in [0, 0.1) is 5.92 Å². The molecule has 0 saturated carbocycles. The second-order valence-corrected chi connectivity index (χ2v) is 4.55. The minimum Gasteiger partial charge on any atom is -0.504 e. The molecule has 1 aromatic carbocycles. The normalized spacial score (nSPS) is 19.2. The Hall–Kier alpha value is -0.650. The maximum absolute atomic E-state index is 9.72. The van der Waals surface area contributed by atoms with E-state index in [9.17, 15) is 5.11 Å². The number of phenolic OH excluding ortho intramolecular Hbond substituents is 1. The molecule has 0 radical (unpaired) electrons. The van der Waals surface area contributed by atoms with Gasteiger partial charge in [0, 0.05) is 22.0 Å². The number of fused-ring (bicyclic) bond motifs is 1. The van der Waals surface area contributed by atoms with Gasteiger partial charge in [0.15, 0.2) is 11.5 Å². The van der Waals surface area contributed by atoms with E-state index in [2.05, 4.69) is 22.6 Å². The Balaban J connectivity index is 2.35. The van der Waals surface area contributed by atoms with Gasteiger partial charge >= 0.3 is 0 Å². The summed E-state index contributed by atoms with van der Waals surface area (Å²) in [4.78, 5) is 0. The largest absolute Gasteiger partial charge is 0.504 e. The fourth-order valence-corrected chi connectivity index (χ4v) is 2.32. The monoisotopic (exact) mass is 320 g/mol. The van der Waals surface area contributed by atoms with E-state index in [1.165, 1.54) is 0 Å². The molecule has 1 atom stereocenters. The summed E-state index contributed by atoms with van der Waals surface area (Å²) in [5.74, 6) is 2.02. The lowest BCUT2D eigenvalue weighted by Gasteiger charge is -2.24. The maximum Gasteiger partial charge on any atom is 0.164 e. The first-order valence-corrected chi connectivity index (χ1v) is 6.35. The molecule has 0 saturated heterocycles. The van der Waals surface area contributed by atoms with Gasteiger partial charge in [0.25, 0.3) is 0 Å². The minimum atomic E-state index is 0.177. The molecular weight excluding hydrogens is 307 g/mol. The Morgan fingerprint density at radius 1 is 1.60 bits per heavy atom. The van der Waals surface area contributed by atoms with Crippen molar-refractivity contribution in [1.29, 1.82) is 0 Å². The Kier molecular flexibility index (Phi) is 3.23. The number of alkyl halides is 1. The molecule has 4 heteroatoms. The van der Waals surface area contributed by atoms with Gasteiger partial charge in [-0.2, -0.15) is 0 Å². The lowest BCUT2D eigenvalue weighted by atomic mass is 9.98. The van der Waals surface area contributed by atoms with E-state index in [0.717, 1.165) is 16.4 Å². The molecular formula is C11H13IO3. The second kappa shape index (κ2) is 4.47. The lowest BCUT2D eigenvalue weighted by Crippen LogP contribution is -2.21. The zero-order valence-corrected chi connectivity index (χ0v) is 10.7. The molecule has 82 valence electrons. The zero-order chi connectivity index (χ0) is 10.8. The summed E-state index contributed by atoms with van der Waals surface area (Å²) in [5, 5.41) is 9.72. The van der Waals surface area contributed by atoms with E-state index in [1.807, 2.05) is 6.07 Å². The number of rotatable bonds is 2. The molecule has 3 nitrogen and oxygen atoms in total. The molecule has 1 aromatic rings. The maximum atomic E-state index is 9.72. The fourth-order valence-electron chi connectivity index (χ4n) is 1.75. The van der Waals surface area contributed by atoms with Gasteiger partial charge in [0.05, 0.1) is 13.7 Å². The average Bonchev–Trinajstić information content (AvgIpc) is 2.28. The van der Waals surface area contributed by atoms with E-state index >= 15 is 0 Å². The summed E-state index contributed by atoms with van der Waals surface area (Å²) in [6.45, 7) is 0.690. The van der Waals surface area contributed by atoms with Crippen LogP contribution in [0.15, 0.2) is 12.1 Å². The zero-order valence-electron chi connectivity index (χ0n) is 8.50. The first-order chi connectivity index (χ1) is 7.24. The highest BCUT2D eigenvalue weighted by Crippen LogP contribution is 2.39. The molecule has 2 rings (SSSR count). The highest BCUT2D eigenvalue weighted by atomic mass is 127. The Morgan fingerprint density at radius 3 is 3.07 bits per heavy atom. The molecule has 1 N–H and O–H groups in total. The number of halogens is 1. The second-order valence-electron chi connectivity index (χ2n) is 3.67. The molecule has 1 unspecified atom stereocenters. The molecule has 1 aliphatic rings. The Morgan fingerprint density at radius 2 is 2.40 bits per heavy atom.